The Morgan fingerprint density at radius 2 is 0.918 bits per heavy atom. The number of allylic oxidation sites excluding steroid dienone is 8. The molecular formula is C46H85NO2. The quantitative estimate of drug-likeness (QED) is 0.0485. The number of rotatable bonds is 36. The topological polar surface area (TPSA) is 21.7 Å². The van der Waals surface area contributed by atoms with Crippen LogP contribution in [0.4, 0.5) is 0 Å². The molecule has 1 rings (SSSR count). The van der Waals surface area contributed by atoms with E-state index in [4.69, 9.17) is 9.47 Å². The highest BCUT2D eigenvalue weighted by atomic mass is 16.5. The van der Waals surface area contributed by atoms with Crippen molar-refractivity contribution in [2.75, 3.05) is 26.4 Å². The molecule has 3 heteroatoms. The Bertz CT molecular complexity index is 776. The molecule has 3 unspecified atom stereocenters. The molecule has 0 aromatic carbocycles. The highest BCUT2D eigenvalue weighted by Crippen LogP contribution is 2.24. The molecular weight excluding hydrogens is 599 g/mol. The van der Waals surface area contributed by atoms with Crippen LogP contribution >= 0.6 is 0 Å². The summed E-state index contributed by atoms with van der Waals surface area (Å²) >= 11 is 0. The fraction of sp³-hybridized carbons (Fsp3) is 0.826. The van der Waals surface area contributed by atoms with Crippen LogP contribution in [-0.2, 0) is 9.47 Å². The van der Waals surface area contributed by atoms with E-state index in [1.165, 1.54) is 154 Å². The van der Waals surface area contributed by atoms with E-state index in [0.29, 0.717) is 12.1 Å². The van der Waals surface area contributed by atoms with Gasteiger partial charge in [0.15, 0.2) is 0 Å². The molecule has 49 heavy (non-hydrogen) atoms. The largest absolute Gasteiger partial charge is 0.379 e. The maximum atomic E-state index is 6.45. The first kappa shape index (κ1) is 45.9. The van der Waals surface area contributed by atoms with E-state index in [1.807, 2.05) is 0 Å². The first-order chi connectivity index (χ1) is 24.2. The fourth-order valence-corrected chi connectivity index (χ4v) is 6.94. The van der Waals surface area contributed by atoms with E-state index < -0.39 is 0 Å². The molecule has 0 bridgehead atoms. The smallest absolute Gasteiger partial charge is 0.0820 e. The molecule has 0 N–H and O–H groups in total. The summed E-state index contributed by atoms with van der Waals surface area (Å²) in [5.41, 5.74) is 0. The molecule has 3 nitrogen and oxygen atoms in total. The van der Waals surface area contributed by atoms with Crippen LogP contribution in [0.25, 0.3) is 0 Å². The van der Waals surface area contributed by atoms with Gasteiger partial charge in [-0.3, -0.25) is 4.90 Å². The van der Waals surface area contributed by atoms with Gasteiger partial charge in [0.1, 0.15) is 0 Å². The number of nitrogens with zero attached hydrogens (tertiary/aromatic N) is 1. The second-order valence-corrected chi connectivity index (χ2v) is 15.0. The molecule has 0 saturated carbocycles. The lowest BCUT2D eigenvalue weighted by molar-refractivity contribution is -0.0277. The van der Waals surface area contributed by atoms with Gasteiger partial charge in [0, 0.05) is 31.8 Å². The number of ether oxygens (including phenoxy) is 2. The van der Waals surface area contributed by atoms with Gasteiger partial charge in [0.25, 0.3) is 0 Å². The summed E-state index contributed by atoms with van der Waals surface area (Å²) in [5, 5.41) is 0. The minimum atomic E-state index is 0.238. The van der Waals surface area contributed by atoms with E-state index in [9.17, 15) is 0 Å². The Labute approximate surface area is 307 Å². The average molecular weight is 684 g/mol. The van der Waals surface area contributed by atoms with Gasteiger partial charge in [0.05, 0.1) is 12.7 Å². The van der Waals surface area contributed by atoms with Crippen molar-refractivity contribution in [2.45, 2.75) is 219 Å². The molecule has 1 aliphatic rings. The van der Waals surface area contributed by atoms with Crippen LogP contribution in [0.2, 0.25) is 0 Å². The molecule has 1 heterocycles. The van der Waals surface area contributed by atoms with Gasteiger partial charge in [-0.25, -0.2) is 0 Å². The van der Waals surface area contributed by atoms with Crippen molar-refractivity contribution >= 4 is 0 Å². The molecule has 0 amide bonds. The number of hydrogen-bond donors (Lipinski definition) is 0. The van der Waals surface area contributed by atoms with Crippen molar-refractivity contribution in [1.82, 2.24) is 4.90 Å². The molecule has 3 atom stereocenters. The monoisotopic (exact) mass is 684 g/mol. The maximum absolute atomic E-state index is 6.45. The predicted octanol–water partition coefficient (Wildman–Crippen LogP) is 14.3. The third-order valence-corrected chi connectivity index (χ3v) is 10.3. The molecule has 1 saturated heterocycles. The van der Waals surface area contributed by atoms with Crippen molar-refractivity contribution in [2.24, 2.45) is 0 Å². The number of unbranched alkanes of at least 4 members (excludes halogenated alkanes) is 18. The Kier molecular flexibility index (Phi) is 34.3. The Morgan fingerprint density at radius 3 is 1.39 bits per heavy atom. The summed E-state index contributed by atoms with van der Waals surface area (Å²) in [6, 6.07) is 1.42. The van der Waals surface area contributed by atoms with E-state index >= 15 is 0 Å². The summed E-state index contributed by atoms with van der Waals surface area (Å²) in [6.07, 6.45) is 53.7. The summed E-state index contributed by atoms with van der Waals surface area (Å²) in [6.45, 7) is 13.0. The van der Waals surface area contributed by atoms with Gasteiger partial charge in [-0.1, -0.05) is 140 Å². The zero-order valence-electron chi connectivity index (χ0n) is 33.5. The summed E-state index contributed by atoms with van der Waals surface area (Å²) in [4.78, 5) is 2.69. The Morgan fingerprint density at radius 1 is 0.510 bits per heavy atom. The lowest BCUT2D eigenvalue weighted by Crippen LogP contribution is -2.36. The lowest BCUT2D eigenvalue weighted by atomic mass is 10.1. The van der Waals surface area contributed by atoms with E-state index in [0.717, 1.165) is 45.6 Å². The van der Waals surface area contributed by atoms with Crippen LogP contribution < -0.4 is 0 Å². The van der Waals surface area contributed by atoms with Crippen LogP contribution in [0.3, 0.4) is 0 Å². The van der Waals surface area contributed by atoms with Crippen LogP contribution in [0.5, 0.6) is 0 Å². The molecule has 286 valence electrons. The Balaban J connectivity index is 2.08. The third kappa shape index (κ3) is 30.2. The van der Waals surface area contributed by atoms with Gasteiger partial charge in [0.2, 0.25) is 0 Å². The van der Waals surface area contributed by atoms with Gasteiger partial charge < -0.3 is 9.47 Å². The first-order valence-corrected chi connectivity index (χ1v) is 21.7. The predicted molar refractivity (Wildman–Crippen MR) is 219 cm³/mol. The molecule has 0 aromatic rings. The van der Waals surface area contributed by atoms with Gasteiger partial charge in [-0.15, -0.1) is 0 Å². The minimum absolute atomic E-state index is 0.238. The molecule has 1 fully saturated rings. The maximum Gasteiger partial charge on any atom is 0.0820 e. The minimum Gasteiger partial charge on any atom is -0.379 e. The lowest BCUT2D eigenvalue weighted by Gasteiger charge is -2.28. The van der Waals surface area contributed by atoms with Crippen LogP contribution in [-0.4, -0.2) is 49.5 Å². The second-order valence-electron chi connectivity index (χ2n) is 15.0. The fourth-order valence-electron chi connectivity index (χ4n) is 6.94. The zero-order chi connectivity index (χ0) is 35.3. The molecule has 0 aromatic heterocycles. The average Bonchev–Trinajstić information content (AvgIpc) is 3.43. The number of hydrogen-bond acceptors (Lipinski definition) is 3. The van der Waals surface area contributed by atoms with Crippen LogP contribution in [0.1, 0.15) is 201 Å². The van der Waals surface area contributed by atoms with Crippen LogP contribution in [0.15, 0.2) is 48.6 Å². The van der Waals surface area contributed by atoms with Crippen molar-refractivity contribution < 1.29 is 9.47 Å². The second kappa shape index (κ2) is 36.6. The molecule has 0 aliphatic carbocycles. The normalized spacial score (nSPS) is 18.0. The molecule has 0 radical (unpaired) electrons. The summed E-state index contributed by atoms with van der Waals surface area (Å²) < 4.78 is 12.6. The summed E-state index contributed by atoms with van der Waals surface area (Å²) in [5.74, 6) is 0. The summed E-state index contributed by atoms with van der Waals surface area (Å²) in [7, 11) is 0. The van der Waals surface area contributed by atoms with Gasteiger partial charge in [-0.2, -0.15) is 0 Å². The first-order valence-electron chi connectivity index (χ1n) is 21.7. The van der Waals surface area contributed by atoms with E-state index in [-0.39, 0.29) is 6.10 Å². The third-order valence-electron chi connectivity index (χ3n) is 10.3. The van der Waals surface area contributed by atoms with Crippen molar-refractivity contribution in [3.8, 4) is 0 Å². The van der Waals surface area contributed by atoms with Crippen LogP contribution in [0, 0.1) is 0 Å². The van der Waals surface area contributed by atoms with Gasteiger partial charge in [-0.05, 0) is 110 Å². The highest BCUT2D eigenvalue weighted by Gasteiger charge is 2.27. The van der Waals surface area contributed by atoms with Crippen molar-refractivity contribution in [3.05, 3.63) is 48.6 Å². The van der Waals surface area contributed by atoms with E-state index in [2.05, 4.69) is 81.2 Å². The standard InChI is InChI=1S/C46H85NO2/c1-5-7-9-11-13-15-17-19-21-23-25-27-29-31-33-35-41-48-43-46(39-40-47-44(3)37-38-45(47)4)49-42-36-34-32-30-28-26-24-22-20-18-16-14-12-10-8-6-2/h13-16,19-22,44-46H,5-12,17-18,23-43H2,1-4H3. The van der Waals surface area contributed by atoms with E-state index in [1.54, 1.807) is 0 Å². The number of likely N-dealkylation sites (tertiary alicyclic amines) is 1. The molecule has 0 spiro atoms. The van der Waals surface area contributed by atoms with Crippen molar-refractivity contribution in [3.63, 3.8) is 0 Å². The molecule has 1 aliphatic heterocycles. The SMILES string of the molecule is CCCCCC=CCC=CCCCCCCCCOCC(CCN1C(C)CCC1C)OCCCCCCCCC=CCC=CCCCCC. The van der Waals surface area contributed by atoms with Gasteiger partial charge >= 0.3 is 0 Å². The highest BCUT2D eigenvalue weighted by molar-refractivity contribution is 4.93. The Hall–Kier alpha value is -1.16. The van der Waals surface area contributed by atoms with Crippen molar-refractivity contribution in [1.29, 1.82) is 0 Å². The zero-order valence-corrected chi connectivity index (χ0v) is 33.5.